The summed E-state index contributed by atoms with van der Waals surface area (Å²) in [4.78, 5) is 1.11. The number of hydrogen-bond acceptors (Lipinski definition) is 5. The van der Waals surface area contributed by atoms with Crippen LogP contribution in [-0.4, -0.2) is 20.0 Å². The summed E-state index contributed by atoms with van der Waals surface area (Å²) in [5.74, 6) is 0.884. The Hall–Kier alpha value is -1.32. The Labute approximate surface area is 108 Å². The molecule has 1 atom stereocenters. The van der Waals surface area contributed by atoms with Gasteiger partial charge >= 0.3 is 0 Å². The lowest BCUT2D eigenvalue weighted by Gasteiger charge is -2.06. The SMILES string of the molecule is CCn1c(S[C@@H](C)C#N)nnc1-c1cccs1. The lowest BCUT2D eigenvalue weighted by molar-refractivity contribution is 0.687. The average molecular weight is 264 g/mol. The van der Waals surface area contributed by atoms with E-state index in [9.17, 15) is 0 Å². The van der Waals surface area contributed by atoms with Crippen molar-refractivity contribution >= 4 is 23.1 Å². The van der Waals surface area contributed by atoms with E-state index in [1.165, 1.54) is 11.8 Å². The van der Waals surface area contributed by atoms with E-state index in [2.05, 4.69) is 23.2 Å². The van der Waals surface area contributed by atoms with Crippen molar-refractivity contribution in [2.24, 2.45) is 0 Å². The van der Waals surface area contributed by atoms with Gasteiger partial charge < -0.3 is 4.57 Å². The van der Waals surface area contributed by atoms with Gasteiger partial charge in [-0.15, -0.1) is 21.5 Å². The highest BCUT2D eigenvalue weighted by Gasteiger charge is 2.15. The molecule has 0 fully saturated rings. The second-order valence-corrected chi connectivity index (χ2v) is 5.67. The second kappa shape index (κ2) is 5.34. The fourth-order valence-corrected chi connectivity index (χ4v) is 2.95. The summed E-state index contributed by atoms with van der Waals surface area (Å²) in [6.45, 7) is 4.73. The number of thioether (sulfide) groups is 1. The van der Waals surface area contributed by atoms with Gasteiger partial charge in [0.25, 0.3) is 0 Å². The zero-order valence-corrected chi connectivity index (χ0v) is 11.3. The zero-order chi connectivity index (χ0) is 12.3. The van der Waals surface area contributed by atoms with Crippen LogP contribution >= 0.6 is 23.1 Å². The third-order valence-corrected chi connectivity index (χ3v) is 4.08. The van der Waals surface area contributed by atoms with Gasteiger partial charge in [-0.3, -0.25) is 0 Å². The molecule has 4 nitrogen and oxygen atoms in total. The van der Waals surface area contributed by atoms with Gasteiger partial charge in [0.2, 0.25) is 0 Å². The predicted octanol–water partition coefficient (Wildman–Crippen LogP) is 3.03. The van der Waals surface area contributed by atoms with Gasteiger partial charge in [-0.25, -0.2) is 0 Å². The van der Waals surface area contributed by atoms with Crippen LogP contribution in [0.15, 0.2) is 22.7 Å². The number of nitrogens with zero attached hydrogens (tertiary/aromatic N) is 4. The van der Waals surface area contributed by atoms with E-state index in [1.54, 1.807) is 11.3 Å². The lowest BCUT2D eigenvalue weighted by Crippen LogP contribution is -2.01. The molecule has 0 aliphatic carbocycles. The molecule has 17 heavy (non-hydrogen) atoms. The van der Waals surface area contributed by atoms with Crippen molar-refractivity contribution in [2.45, 2.75) is 30.8 Å². The molecule has 0 radical (unpaired) electrons. The Morgan fingerprint density at radius 3 is 3.00 bits per heavy atom. The Morgan fingerprint density at radius 1 is 1.59 bits per heavy atom. The Morgan fingerprint density at radius 2 is 2.41 bits per heavy atom. The van der Waals surface area contributed by atoms with Crippen molar-refractivity contribution < 1.29 is 0 Å². The van der Waals surface area contributed by atoms with Crippen molar-refractivity contribution in [3.8, 4) is 16.8 Å². The third kappa shape index (κ3) is 2.51. The molecule has 0 spiro atoms. The standard InChI is InChI=1S/C11H12N4S2/c1-3-15-10(9-5-4-6-16-9)13-14-11(15)17-8(2)7-12/h4-6,8H,3H2,1-2H3/t8-/m0/s1. The molecule has 6 heteroatoms. The molecule has 2 heterocycles. The first-order valence-corrected chi connectivity index (χ1v) is 7.05. The lowest BCUT2D eigenvalue weighted by atomic mass is 10.4. The van der Waals surface area contributed by atoms with Crippen molar-refractivity contribution in [2.75, 3.05) is 0 Å². The monoisotopic (exact) mass is 264 g/mol. The third-order valence-electron chi connectivity index (χ3n) is 2.24. The van der Waals surface area contributed by atoms with Crippen LogP contribution in [0, 0.1) is 11.3 Å². The van der Waals surface area contributed by atoms with Crippen molar-refractivity contribution in [1.82, 2.24) is 14.8 Å². The molecule has 0 aliphatic rings. The van der Waals surface area contributed by atoms with Gasteiger partial charge in [-0.2, -0.15) is 5.26 Å². The van der Waals surface area contributed by atoms with E-state index in [4.69, 9.17) is 5.26 Å². The molecule has 2 aromatic heterocycles. The van der Waals surface area contributed by atoms with Gasteiger partial charge in [-0.05, 0) is 25.3 Å². The van der Waals surface area contributed by atoms with E-state index < -0.39 is 0 Å². The molecule has 2 aromatic rings. The Bertz CT molecular complexity index is 524. The molecule has 0 aliphatic heterocycles. The van der Waals surface area contributed by atoms with E-state index in [0.717, 1.165) is 22.4 Å². The Kier molecular flexibility index (Phi) is 3.82. The molecule has 0 saturated heterocycles. The maximum absolute atomic E-state index is 8.82. The number of hydrogen-bond donors (Lipinski definition) is 0. The van der Waals surface area contributed by atoms with E-state index in [0.29, 0.717) is 0 Å². The molecule has 0 saturated carbocycles. The van der Waals surface area contributed by atoms with E-state index in [1.807, 2.05) is 29.0 Å². The molecular formula is C11H12N4S2. The van der Waals surface area contributed by atoms with Crippen molar-refractivity contribution in [3.63, 3.8) is 0 Å². The van der Waals surface area contributed by atoms with Crippen LogP contribution in [0.2, 0.25) is 0 Å². The first-order chi connectivity index (χ1) is 8.26. The summed E-state index contributed by atoms with van der Waals surface area (Å²) < 4.78 is 2.05. The quantitative estimate of drug-likeness (QED) is 0.796. The Balaban J connectivity index is 2.34. The highest BCUT2D eigenvalue weighted by molar-refractivity contribution is 8.00. The summed E-state index contributed by atoms with van der Waals surface area (Å²) in [6.07, 6.45) is 0. The highest BCUT2D eigenvalue weighted by Crippen LogP contribution is 2.28. The first kappa shape index (κ1) is 12.1. The molecule has 0 aromatic carbocycles. The van der Waals surface area contributed by atoms with Crippen LogP contribution in [0.4, 0.5) is 0 Å². The molecule has 0 amide bonds. The molecule has 0 N–H and O–H groups in total. The van der Waals surface area contributed by atoms with E-state index in [-0.39, 0.29) is 5.25 Å². The molecule has 0 bridgehead atoms. The fourth-order valence-electron chi connectivity index (χ4n) is 1.43. The summed E-state index contributed by atoms with van der Waals surface area (Å²) >= 11 is 3.09. The normalized spacial score (nSPS) is 12.3. The number of nitriles is 1. The van der Waals surface area contributed by atoms with Crippen LogP contribution < -0.4 is 0 Å². The van der Waals surface area contributed by atoms with Crippen LogP contribution in [0.25, 0.3) is 10.7 Å². The largest absolute Gasteiger partial charge is 0.302 e. The molecule has 0 unspecified atom stereocenters. The minimum absolute atomic E-state index is 0.110. The minimum Gasteiger partial charge on any atom is -0.302 e. The summed E-state index contributed by atoms with van der Waals surface area (Å²) in [7, 11) is 0. The molecule has 88 valence electrons. The smallest absolute Gasteiger partial charge is 0.192 e. The maximum atomic E-state index is 8.82. The minimum atomic E-state index is -0.110. The van der Waals surface area contributed by atoms with Gasteiger partial charge in [-0.1, -0.05) is 17.8 Å². The topological polar surface area (TPSA) is 54.5 Å². The van der Waals surface area contributed by atoms with Crippen LogP contribution in [0.1, 0.15) is 13.8 Å². The number of rotatable bonds is 4. The van der Waals surface area contributed by atoms with Gasteiger partial charge in [0.15, 0.2) is 11.0 Å². The number of aromatic nitrogens is 3. The average Bonchev–Trinajstić information content (AvgIpc) is 2.96. The summed E-state index contributed by atoms with van der Waals surface area (Å²) in [5.41, 5.74) is 0. The first-order valence-electron chi connectivity index (χ1n) is 5.29. The van der Waals surface area contributed by atoms with Crippen LogP contribution in [0.3, 0.4) is 0 Å². The van der Waals surface area contributed by atoms with Crippen molar-refractivity contribution in [1.29, 1.82) is 5.26 Å². The number of thiophene rings is 1. The van der Waals surface area contributed by atoms with Crippen molar-refractivity contribution in [3.05, 3.63) is 17.5 Å². The van der Waals surface area contributed by atoms with Crippen LogP contribution in [-0.2, 0) is 6.54 Å². The maximum Gasteiger partial charge on any atom is 0.192 e. The van der Waals surface area contributed by atoms with Gasteiger partial charge in [0, 0.05) is 6.54 Å². The van der Waals surface area contributed by atoms with E-state index >= 15 is 0 Å². The predicted molar refractivity (Wildman–Crippen MR) is 69.9 cm³/mol. The second-order valence-electron chi connectivity index (χ2n) is 3.42. The summed E-state index contributed by atoms with van der Waals surface area (Å²) in [5, 5.41) is 19.9. The van der Waals surface area contributed by atoms with Gasteiger partial charge in [0.1, 0.15) is 0 Å². The fraction of sp³-hybridized carbons (Fsp3) is 0.364. The van der Waals surface area contributed by atoms with Gasteiger partial charge in [0.05, 0.1) is 16.2 Å². The van der Waals surface area contributed by atoms with Crippen LogP contribution in [0.5, 0.6) is 0 Å². The molecular weight excluding hydrogens is 252 g/mol. The molecule has 2 rings (SSSR count). The highest BCUT2D eigenvalue weighted by atomic mass is 32.2. The zero-order valence-electron chi connectivity index (χ0n) is 9.62. The summed E-state index contributed by atoms with van der Waals surface area (Å²) in [6, 6.07) is 6.22.